The van der Waals surface area contributed by atoms with Gasteiger partial charge in [0.15, 0.2) is 0 Å². The van der Waals surface area contributed by atoms with Crippen LogP contribution in [-0.4, -0.2) is 11.5 Å². The lowest BCUT2D eigenvalue weighted by Gasteiger charge is -2.05. The van der Waals surface area contributed by atoms with E-state index < -0.39 is 4.92 Å². The number of halogens is 1. The minimum Gasteiger partial charge on any atom is -0.326 e. The molecule has 0 spiro atoms. The summed E-state index contributed by atoms with van der Waals surface area (Å²) in [7, 11) is 0. The van der Waals surface area contributed by atoms with E-state index in [2.05, 4.69) is 6.58 Å². The molecule has 0 aliphatic carbocycles. The van der Waals surface area contributed by atoms with Crippen molar-refractivity contribution in [2.75, 3.05) is 6.54 Å². The van der Waals surface area contributed by atoms with Crippen LogP contribution in [0.25, 0.3) is 5.57 Å². The Morgan fingerprint density at radius 1 is 1.64 bits per heavy atom. The van der Waals surface area contributed by atoms with Gasteiger partial charge in [-0.05, 0) is 11.6 Å². The lowest BCUT2D eigenvalue weighted by molar-refractivity contribution is -0.385. The quantitative estimate of drug-likeness (QED) is 0.617. The molecule has 14 heavy (non-hydrogen) atoms. The zero-order chi connectivity index (χ0) is 10.7. The molecule has 0 saturated heterocycles. The third-order valence-electron chi connectivity index (χ3n) is 1.79. The van der Waals surface area contributed by atoms with Gasteiger partial charge < -0.3 is 5.73 Å². The van der Waals surface area contributed by atoms with Crippen LogP contribution >= 0.6 is 11.6 Å². The number of hydrogen-bond acceptors (Lipinski definition) is 3. The standard InChI is InChI=1S/C9H9ClN2O2/c1-6(5-11)9-7(10)3-2-4-8(9)12(13)14/h2-4H,1,5,11H2. The first kappa shape index (κ1) is 10.7. The molecule has 0 saturated carbocycles. The second kappa shape index (κ2) is 4.21. The molecule has 1 aromatic rings. The molecule has 0 aromatic heterocycles. The van der Waals surface area contributed by atoms with Gasteiger partial charge in [-0.15, -0.1) is 0 Å². The molecule has 0 bridgehead atoms. The molecule has 1 rings (SSSR count). The monoisotopic (exact) mass is 212 g/mol. The number of nitro groups is 1. The largest absolute Gasteiger partial charge is 0.326 e. The summed E-state index contributed by atoms with van der Waals surface area (Å²) in [5.74, 6) is 0. The maximum Gasteiger partial charge on any atom is 0.278 e. The van der Waals surface area contributed by atoms with Crippen LogP contribution in [0.2, 0.25) is 5.02 Å². The van der Waals surface area contributed by atoms with Gasteiger partial charge in [0.05, 0.1) is 15.5 Å². The van der Waals surface area contributed by atoms with Crippen LogP contribution in [0.3, 0.4) is 0 Å². The van der Waals surface area contributed by atoms with Crippen molar-refractivity contribution in [2.24, 2.45) is 5.73 Å². The Morgan fingerprint density at radius 2 is 2.29 bits per heavy atom. The maximum atomic E-state index is 10.7. The summed E-state index contributed by atoms with van der Waals surface area (Å²) in [4.78, 5) is 10.2. The van der Waals surface area contributed by atoms with Crippen LogP contribution in [0.4, 0.5) is 5.69 Å². The summed E-state index contributed by atoms with van der Waals surface area (Å²) in [6.07, 6.45) is 0. The molecule has 0 atom stereocenters. The van der Waals surface area contributed by atoms with E-state index in [4.69, 9.17) is 17.3 Å². The van der Waals surface area contributed by atoms with Crippen LogP contribution in [-0.2, 0) is 0 Å². The Morgan fingerprint density at radius 3 is 2.79 bits per heavy atom. The number of nitro benzene ring substituents is 1. The van der Waals surface area contributed by atoms with E-state index in [1.807, 2.05) is 0 Å². The van der Waals surface area contributed by atoms with Crippen LogP contribution in [0.1, 0.15) is 5.56 Å². The summed E-state index contributed by atoms with van der Waals surface area (Å²) in [6.45, 7) is 3.78. The Kier molecular flexibility index (Phi) is 3.22. The molecule has 0 aliphatic heterocycles. The molecule has 0 unspecified atom stereocenters. The summed E-state index contributed by atoms with van der Waals surface area (Å²) in [6, 6.07) is 4.47. The third-order valence-corrected chi connectivity index (χ3v) is 2.10. The van der Waals surface area contributed by atoms with Gasteiger partial charge in [0, 0.05) is 12.6 Å². The van der Waals surface area contributed by atoms with Crippen molar-refractivity contribution in [2.45, 2.75) is 0 Å². The molecule has 2 N–H and O–H groups in total. The van der Waals surface area contributed by atoms with Crippen molar-refractivity contribution < 1.29 is 4.92 Å². The zero-order valence-electron chi connectivity index (χ0n) is 7.37. The molecule has 0 fully saturated rings. The van der Waals surface area contributed by atoms with Crippen LogP contribution in [0.15, 0.2) is 24.8 Å². The number of benzene rings is 1. The highest BCUT2D eigenvalue weighted by molar-refractivity contribution is 6.32. The molecular weight excluding hydrogens is 204 g/mol. The fourth-order valence-electron chi connectivity index (χ4n) is 1.12. The summed E-state index contributed by atoms with van der Waals surface area (Å²) >= 11 is 5.83. The molecule has 0 amide bonds. The second-order valence-corrected chi connectivity index (χ2v) is 3.11. The molecular formula is C9H9ClN2O2. The van der Waals surface area contributed by atoms with Crippen LogP contribution < -0.4 is 5.73 Å². The van der Waals surface area contributed by atoms with Gasteiger partial charge in [0.2, 0.25) is 0 Å². The molecule has 0 aliphatic rings. The SMILES string of the molecule is C=C(CN)c1c(Cl)cccc1[N+](=O)[O-]. The van der Waals surface area contributed by atoms with Crippen molar-refractivity contribution in [1.82, 2.24) is 0 Å². The van der Waals surface area contributed by atoms with E-state index in [9.17, 15) is 10.1 Å². The smallest absolute Gasteiger partial charge is 0.278 e. The highest BCUT2D eigenvalue weighted by Gasteiger charge is 2.17. The van der Waals surface area contributed by atoms with E-state index in [0.717, 1.165) is 0 Å². The average molecular weight is 213 g/mol. The average Bonchev–Trinajstić information content (AvgIpc) is 2.16. The summed E-state index contributed by atoms with van der Waals surface area (Å²) in [5, 5.41) is 11.0. The number of nitrogens with two attached hydrogens (primary N) is 1. The van der Waals surface area contributed by atoms with Gasteiger partial charge in [-0.3, -0.25) is 10.1 Å². The van der Waals surface area contributed by atoms with Gasteiger partial charge in [-0.25, -0.2) is 0 Å². The van der Waals surface area contributed by atoms with Gasteiger partial charge in [0.25, 0.3) is 5.69 Å². The van der Waals surface area contributed by atoms with Crippen LogP contribution in [0, 0.1) is 10.1 Å². The van der Waals surface area contributed by atoms with Gasteiger partial charge >= 0.3 is 0 Å². The van der Waals surface area contributed by atoms with E-state index in [1.54, 1.807) is 6.07 Å². The predicted molar refractivity (Wildman–Crippen MR) is 56.2 cm³/mol. The minimum absolute atomic E-state index is 0.0621. The van der Waals surface area contributed by atoms with Crippen LogP contribution in [0.5, 0.6) is 0 Å². The molecule has 0 heterocycles. The number of nitrogens with zero attached hydrogens (tertiary/aromatic N) is 1. The first-order chi connectivity index (χ1) is 6.57. The lowest BCUT2D eigenvalue weighted by atomic mass is 10.1. The fourth-order valence-corrected chi connectivity index (χ4v) is 1.42. The van der Waals surface area contributed by atoms with Crippen molar-refractivity contribution in [1.29, 1.82) is 0 Å². The van der Waals surface area contributed by atoms with Gasteiger partial charge in [0.1, 0.15) is 0 Å². The molecule has 1 aromatic carbocycles. The number of rotatable bonds is 3. The van der Waals surface area contributed by atoms with Crippen molar-refractivity contribution in [3.8, 4) is 0 Å². The van der Waals surface area contributed by atoms with Crippen molar-refractivity contribution in [3.05, 3.63) is 45.5 Å². The molecule has 4 nitrogen and oxygen atoms in total. The zero-order valence-corrected chi connectivity index (χ0v) is 8.12. The first-order valence-corrected chi connectivity index (χ1v) is 4.27. The van der Waals surface area contributed by atoms with Crippen molar-refractivity contribution in [3.63, 3.8) is 0 Å². The summed E-state index contributed by atoms with van der Waals surface area (Å²) in [5.41, 5.74) is 6.08. The van der Waals surface area contributed by atoms with Gasteiger partial charge in [-0.2, -0.15) is 0 Å². The maximum absolute atomic E-state index is 10.7. The Labute approximate surface area is 86.1 Å². The van der Waals surface area contributed by atoms with Gasteiger partial charge in [-0.1, -0.05) is 24.2 Å². The summed E-state index contributed by atoms with van der Waals surface area (Å²) < 4.78 is 0. The molecule has 5 heteroatoms. The molecule has 74 valence electrons. The first-order valence-electron chi connectivity index (χ1n) is 3.89. The highest BCUT2D eigenvalue weighted by Crippen LogP contribution is 2.31. The fraction of sp³-hybridized carbons (Fsp3) is 0.111. The van der Waals surface area contributed by atoms with Crippen molar-refractivity contribution >= 4 is 22.9 Å². The Hall–Kier alpha value is -1.39. The number of hydrogen-bond donors (Lipinski definition) is 1. The Bertz CT molecular complexity index is 390. The topological polar surface area (TPSA) is 69.2 Å². The second-order valence-electron chi connectivity index (χ2n) is 2.70. The van der Waals surface area contributed by atoms with E-state index >= 15 is 0 Å². The minimum atomic E-state index is -0.498. The molecule has 0 radical (unpaired) electrons. The highest BCUT2D eigenvalue weighted by atomic mass is 35.5. The predicted octanol–water partition coefficient (Wildman–Crippen LogP) is 2.22. The van der Waals surface area contributed by atoms with E-state index in [0.29, 0.717) is 16.2 Å². The normalized spacial score (nSPS) is 9.86. The third kappa shape index (κ3) is 1.92. The lowest BCUT2D eigenvalue weighted by Crippen LogP contribution is -2.04. The van der Waals surface area contributed by atoms with E-state index in [1.165, 1.54) is 12.1 Å². The Balaban J connectivity index is 3.36. The van der Waals surface area contributed by atoms with E-state index in [-0.39, 0.29) is 12.2 Å².